The molecule has 0 spiro atoms. The van der Waals surface area contributed by atoms with E-state index in [0.717, 1.165) is 31.9 Å². The summed E-state index contributed by atoms with van der Waals surface area (Å²) in [5.41, 5.74) is 0. The molecule has 0 bridgehead atoms. The fourth-order valence-electron chi connectivity index (χ4n) is 6.60. The molecule has 0 fully saturated rings. The van der Waals surface area contributed by atoms with Crippen molar-refractivity contribution in [1.82, 2.24) is 10.6 Å². The first-order chi connectivity index (χ1) is 22.2. The molecule has 0 saturated heterocycles. The highest BCUT2D eigenvalue weighted by atomic mass is 16.1. The number of guanidine groups is 1. The van der Waals surface area contributed by atoms with Crippen LogP contribution >= 0.6 is 0 Å². The van der Waals surface area contributed by atoms with Gasteiger partial charge in [-0.3, -0.25) is 14.7 Å². The van der Waals surface area contributed by atoms with Gasteiger partial charge in [-0.15, -0.1) is 0 Å². The Morgan fingerprint density at radius 2 is 1.04 bits per heavy atom. The van der Waals surface area contributed by atoms with E-state index in [4.69, 9.17) is 0 Å². The summed E-state index contributed by atoms with van der Waals surface area (Å²) in [6, 6.07) is 0.539. The molecule has 0 radical (unpaired) electrons. The molecule has 1 aliphatic heterocycles. The molecule has 1 unspecified atom stereocenters. The van der Waals surface area contributed by atoms with Crippen LogP contribution in [-0.2, 0) is 4.79 Å². The number of nitrogens with zero attached hydrogens (tertiary/aromatic N) is 1. The molecule has 4 heteroatoms. The SMILES string of the molecule is CCCCCCCCC=CCCCCCCCC(=O)NC1=[N+](C(CCC)CCCCCCC=CCCCCCCCC)CCN1. The zero-order chi connectivity index (χ0) is 32.5. The maximum Gasteiger partial charge on any atom is 0.353 e. The van der Waals surface area contributed by atoms with Crippen LogP contribution in [-0.4, -0.2) is 35.6 Å². The highest BCUT2D eigenvalue weighted by Crippen LogP contribution is 2.16. The summed E-state index contributed by atoms with van der Waals surface area (Å²) in [6.07, 6.45) is 46.7. The van der Waals surface area contributed by atoms with E-state index in [0.29, 0.717) is 12.5 Å². The average Bonchev–Trinajstić information content (AvgIpc) is 3.50. The average molecular weight is 629 g/mol. The first kappa shape index (κ1) is 41.4. The van der Waals surface area contributed by atoms with Gasteiger partial charge >= 0.3 is 5.96 Å². The molecule has 0 saturated carbocycles. The fourth-order valence-corrected chi connectivity index (χ4v) is 6.60. The third kappa shape index (κ3) is 25.2. The van der Waals surface area contributed by atoms with E-state index in [1.165, 1.54) is 167 Å². The van der Waals surface area contributed by atoms with E-state index < -0.39 is 0 Å². The second kappa shape index (κ2) is 32.4. The van der Waals surface area contributed by atoms with Crippen molar-refractivity contribution in [1.29, 1.82) is 0 Å². The van der Waals surface area contributed by atoms with Gasteiger partial charge in [-0.05, 0) is 70.6 Å². The van der Waals surface area contributed by atoms with Crippen LogP contribution in [0.25, 0.3) is 0 Å². The number of allylic oxidation sites excluding steroid dienone is 4. The number of carbonyl (C=O) groups is 1. The lowest BCUT2D eigenvalue weighted by Gasteiger charge is -2.18. The number of carbonyl (C=O) groups excluding carboxylic acids is 1. The normalized spacial score (nSPS) is 14.2. The number of nitrogens with one attached hydrogen (secondary N) is 2. The predicted molar refractivity (Wildman–Crippen MR) is 199 cm³/mol. The Balaban J connectivity index is 2.13. The van der Waals surface area contributed by atoms with Crippen LogP contribution in [0.15, 0.2) is 24.3 Å². The van der Waals surface area contributed by atoms with E-state index in [-0.39, 0.29) is 5.91 Å². The molecule has 4 nitrogen and oxygen atoms in total. The minimum Gasteiger partial charge on any atom is -0.274 e. The second-order valence-electron chi connectivity index (χ2n) is 13.8. The first-order valence-corrected chi connectivity index (χ1v) is 20.2. The van der Waals surface area contributed by atoms with E-state index in [1.54, 1.807) is 0 Å². The van der Waals surface area contributed by atoms with Crippen molar-refractivity contribution in [3.05, 3.63) is 24.3 Å². The van der Waals surface area contributed by atoms with Crippen molar-refractivity contribution >= 4 is 11.9 Å². The topological polar surface area (TPSA) is 44.1 Å². The van der Waals surface area contributed by atoms with Crippen molar-refractivity contribution in [2.75, 3.05) is 13.1 Å². The summed E-state index contributed by atoms with van der Waals surface area (Å²) < 4.78 is 2.46. The van der Waals surface area contributed by atoms with Crippen molar-refractivity contribution < 1.29 is 9.37 Å². The molecule has 1 rings (SSSR count). The molecule has 0 aromatic rings. The van der Waals surface area contributed by atoms with Gasteiger partial charge in [-0.2, -0.15) is 0 Å². The highest BCUT2D eigenvalue weighted by Gasteiger charge is 2.27. The first-order valence-electron chi connectivity index (χ1n) is 20.2. The van der Waals surface area contributed by atoms with Gasteiger partial charge in [0.2, 0.25) is 0 Å². The summed E-state index contributed by atoms with van der Waals surface area (Å²) in [6.45, 7) is 8.81. The van der Waals surface area contributed by atoms with Gasteiger partial charge in [0.1, 0.15) is 0 Å². The third-order valence-electron chi connectivity index (χ3n) is 9.47. The zero-order valence-corrected chi connectivity index (χ0v) is 30.7. The van der Waals surface area contributed by atoms with E-state index in [1.807, 2.05) is 0 Å². The van der Waals surface area contributed by atoms with E-state index in [2.05, 4.69) is 60.3 Å². The summed E-state index contributed by atoms with van der Waals surface area (Å²) in [5, 5.41) is 6.72. The number of amides is 1. The van der Waals surface area contributed by atoms with Crippen LogP contribution in [0.4, 0.5) is 0 Å². The lowest BCUT2D eigenvalue weighted by molar-refractivity contribution is -0.560. The Morgan fingerprint density at radius 1 is 0.600 bits per heavy atom. The second-order valence-corrected chi connectivity index (χ2v) is 13.8. The van der Waals surface area contributed by atoms with Gasteiger partial charge in [0.25, 0.3) is 5.91 Å². The summed E-state index contributed by atoms with van der Waals surface area (Å²) >= 11 is 0. The predicted octanol–water partition coefficient (Wildman–Crippen LogP) is 11.9. The minimum absolute atomic E-state index is 0.182. The molecular formula is C41H78N3O+. The fraction of sp³-hybridized carbons (Fsp3) is 0.854. The Morgan fingerprint density at radius 3 is 1.53 bits per heavy atom. The number of unbranched alkanes of at least 4 members (excludes halogenated alkanes) is 21. The Labute approximate surface area is 281 Å². The number of rotatable bonds is 32. The maximum absolute atomic E-state index is 12.7. The molecule has 0 aromatic heterocycles. The Bertz CT molecular complexity index is 756. The van der Waals surface area contributed by atoms with Gasteiger partial charge in [-0.1, -0.05) is 154 Å². The van der Waals surface area contributed by atoms with Crippen LogP contribution in [0.1, 0.15) is 207 Å². The van der Waals surface area contributed by atoms with Crippen LogP contribution < -0.4 is 10.6 Å². The summed E-state index contributed by atoms with van der Waals surface area (Å²) in [4.78, 5) is 12.7. The van der Waals surface area contributed by atoms with Crippen molar-refractivity contribution in [2.45, 2.75) is 213 Å². The minimum atomic E-state index is 0.182. The molecule has 2 N–H and O–H groups in total. The van der Waals surface area contributed by atoms with Crippen molar-refractivity contribution in [3.8, 4) is 0 Å². The molecular weight excluding hydrogens is 550 g/mol. The lowest BCUT2D eigenvalue weighted by atomic mass is 10.0. The van der Waals surface area contributed by atoms with Gasteiger partial charge in [-0.25, -0.2) is 5.32 Å². The largest absolute Gasteiger partial charge is 0.353 e. The molecule has 0 aliphatic carbocycles. The monoisotopic (exact) mass is 629 g/mol. The molecule has 45 heavy (non-hydrogen) atoms. The van der Waals surface area contributed by atoms with Crippen LogP contribution in [0.3, 0.4) is 0 Å². The standard InChI is InChI=1S/C41H77N3O/c1-4-7-9-11-13-15-17-19-21-23-25-27-29-31-33-36-40(45)43-41-42-37-38-44(41)39(34-6-3)35-32-30-28-26-24-22-20-18-16-14-12-10-8-5-2/h19-22,39H,4-18,23-38H2,1-3H3,(H,42,43,45)/p+1. The van der Waals surface area contributed by atoms with Crippen LogP contribution in [0.5, 0.6) is 0 Å². The molecule has 1 heterocycles. The zero-order valence-electron chi connectivity index (χ0n) is 30.7. The van der Waals surface area contributed by atoms with Gasteiger partial charge in [0.05, 0.1) is 19.1 Å². The third-order valence-corrected chi connectivity index (χ3v) is 9.47. The summed E-state index contributed by atoms with van der Waals surface area (Å²) in [5.74, 6) is 1.16. The van der Waals surface area contributed by atoms with Crippen LogP contribution in [0.2, 0.25) is 0 Å². The quantitative estimate of drug-likeness (QED) is 0.0442. The molecule has 262 valence electrons. The Kier molecular flexibility index (Phi) is 29.8. The molecule has 1 amide bonds. The van der Waals surface area contributed by atoms with Gasteiger partial charge < -0.3 is 0 Å². The highest BCUT2D eigenvalue weighted by molar-refractivity contribution is 5.95. The molecule has 1 atom stereocenters. The number of hydrogen-bond acceptors (Lipinski definition) is 2. The molecule has 1 aliphatic rings. The van der Waals surface area contributed by atoms with Crippen LogP contribution in [0, 0.1) is 0 Å². The Hall–Kier alpha value is -1.58. The number of hydrogen-bond donors (Lipinski definition) is 2. The van der Waals surface area contributed by atoms with Crippen molar-refractivity contribution in [3.63, 3.8) is 0 Å². The summed E-state index contributed by atoms with van der Waals surface area (Å²) in [7, 11) is 0. The van der Waals surface area contributed by atoms with Gasteiger partial charge in [0, 0.05) is 6.42 Å². The van der Waals surface area contributed by atoms with E-state index in [9.17, 15) is 4.79 Å². The smallest absolute Gasteiger partial charge is 0.274 e. The molecule has 0 aromatic carbocycles. The lowest BCUT2D eigenvalue weighted by Crippen LogP contribution is -2.44. The van der Waals surface area contributed by atoms with Crippen molar-refractivity contribution in [2.24, 2.45) is 0 Å². The van der Waals surface area contributed by atoms with E-state index >= 15 is 0 Å². The maximum atomic E-state index is 12.7. The van der Waals surface area contributed by atoms with Gasteiger partial charge in [0.15, 0.2) is 0 Å².